The Labute approximate surface area is 100 Å². The number of hydrogen-bond acceptors (Lipinski definition) is 3. The summed E-state index contributed by atoms with van der Waals surface area (Å²) in [5, 5.41) is 5.24. The van der Waals surface area contributed by atoms with Gasteiger partial charge in [-0.15, -0.1) is 0 Å². The lowest BCUT2D eigenvalue weighted by Gasteiger charge is -2.13. The monoisotopic (exact) mass is 241 g/mol. The molecule has 1 unspecified atom stereocenters. The highest BCUT2D eigenvalue weighted by Crippen LogP contribution is 2.17. The number of nitrogens with two attached hydrogens (primary N) is 1. The zero-order chi connectivity index (χ0) is 12.7. The van der Waals surface area contributed by atoms with Gasteiger partial charge in [0.1, 0.15) is 0 Å². The van der Waals surface area contributed by atoms with E-state index in [4.69, 9.17) is 5.73 Å². The van der Waals surface area contributed by atoms with Gasteiger partial charge >= 0.3 is 0 Å². The molecule has 17 heavy (non-hydrogen) atoms. The Morgan fingerprint density at radius 2 is 2.00 bits per heavy atom. The van der Waals surface area contributed by atoms with E-state index in [1.165, 1.54) is 0 Å². The third-order valence-corrected chi connectivity index (χ3v) is 2.83. The van der Waals surface area contributed by atoms with E-state index in [2.05, 4.69) is 10.6 Å². The van der Waals surface area contributed by atoms with Crippen molar-refractivity contribution in [1.29, 1.82) is 0 Å². The number of carbonyl (C=O) groups excluding carboxylic acids is 3. The number of rotatable bonds is 2. The van der Waals surface area contributed by atoms with E-state index in [-0.39, 0.29) is 30.2 Å². The third-order valence-electron chi connectivity index (χ3n) is 2.83. The summed E-state index contributed by atoms with van der Waals surface area (Å²) in [4.78, 5) is 33.5. The SMILES string of the molecule is NC(=O)CC1CCCNC(=O)CNC(=O)CC1. The second-order valence-corrected chi connectivity index (χ2v) is 4.34. The van der Waals surface area contributed by atoms with E-state index < -0.39 is 0 Å². The molecule has 1 rings (SSSR count). The van der Waals surface area contributed by atoms with Crippen LogP contribution < -0.4 is 16.4 Å². The molecule has 1 aliphatic heterocycles. The van der Waals surface area contributed by atoms with E-state index in [9.17, 15) is 14.4 Å². The van der Waals surface area contributed by atoms with Crippen LogP contribution in [0.25, 0.3) is 0 Å². The van der Waals surface area contributed by atoms with Crippen LogP contribution in [-0.4, -0.2) is 30.8 Å². The molecule has 1 atom stereocenters. The van der Waals surface area contributed by atoms with Crippen LogP contribution in [0.15, 0.2) is 0 Å². The molecule has 0 saturated carbocycles. The Balaban J connectivity index is 2.50. The molecule has 0 radical (unpaired) electrons. The van der Waals surface area contributed by atoms with Crippen LogP contribution in [0.2, 0.25) is 0 Å². The lowest BCUT2D eigenvalue weighted by Crippen LogP contribution is -2.36. The highest BCUT2D eigenvalue weighted by Gasteiger charge is 2.15. The zero-order valence-electron chi connectivity index (χ0n) is 9.83. The average molecular weight is 241 g/mol. The zero-order valence-corrected chi connectivity index (χ0v) is 9.83. The standard InChI is InChI=1S/C11H19N3O3/c12-9(15)6-8-2-1-5-13-11(17)7-14-10(16)4-3-8/h8H,1-7H2,(H2,12,15)(H,13,17)(H,14,16). The second kappa shape index (κ2) is 6.88. The molecule has 4 N–H and O–H groups in total. The fourth-order valence-electron chi connectivity index (χ4n) is 1.92. The van der Waals surface area contributed by atoms with Gasteiger partial charge < -0.3 is 16.4 Å². The van der Waals surface area contributed by atoms with Crippen molar-refractivity contribution in [2.75, 3.05) is 13.1 Å². The molecule has 3 amide bonds. The molecule has 0 aliphatic carbocycles. The minimum Gasteiger partial charge on any atom is -0.370 e. The van der Waals surface area contributed by atoms with Crippen molar-refractivity contribution in [3.8, 4) is 0 Å². The van der Waals surface area contributed by atoms with Crippen molar-refractivity contribution in [3.63, 3.8) is 0 Å². The Bertz CT molecular complexity index is 304. The maximum absolute atomic E-state index is 11.4. The summed E-state index contributed by atoms with van der Waals surface area (Å²) in [5.74, 6) is -0.536. The highest BCUT2D eigenvalue weighted by molar-refractivity contribution is 5.84. The summed E-state index contributed by atoms with van der Waals surface area (Å²) in [6, 6.07) is 0. The number of carbonyl (C=O) groups is 3. The van der Waals surface area contributed by atoms with E-state index >= 15 is 0 Å². The summed E-state index contributed by atoms with van der Waals surface area (Å²) in [6.07, 6.45) is 2.89. The van der Waals surface area contributed by atoms with Crippen LogP contribution in [0, 0.1) is 5.92 Å². The lowest BCUT2D eigenvalue weighted by molar-refractivity contribution is -0.126. The normalized spacial score (nSPS) is 23.2. The summed E-state index contributed by atoms with van der Waals surface area (Å²) in [6.45, 7) is 0.600. The number of hydrogen-bond donors (Lipinski definition) is 3. The first-order valence-corrected chi connectivity index (χ1v) is 5.89. The van der Waals surface area contributed by atoms with Gasteiger partial charge in [0.15, 0.2) is 0 Å². The Morgan fingerprint density at radius 3 is 2.71 bits per heavy atom. The fourth-order valence-corrected chi connectivity index (χ4v) is 1.92. The van der Waals surface area contributed by atoms with Gasteiger partial charge in [0, 0.05) is 19.4 Å². The Hall–Kier alpha value is -1.59. The van der Waals surface area contributed by atoms with Gasteiger partial charge in [-0.05, 0) is 25.2 Å². The summed E-state index contributed by atoms with van der Waals surface area (Å²) >= 11 is 0. The van der Waals surface area contributed by atoms with Gasteiger partial charge in [-0.1, -0.05) is 0 Å². The molecule has 1 heterocycles. The van der Waals surface area contributed by atoms with Gasteiger partial charge in [-0.2, -0.15) is 0 Å². The number of nitrogens with one attached hydrogen (secondary N) is 2. The van der Waals surface area contributed by atoms with Crippen molar-refractivity contribution >= 4 is 17.7 Å². The molecule has 0 aromatic rings. The van der Waals surface area contributed by atoms with Crippen molar-refractivity contribution in [1.82, 2.24) is 10.6 Å². The maximum atomic E-state index is 11.4. The smallest absolute Gasteiger partial charge is 0.239 e. The quantitative estimate of drug-likeness (QED) is 0.595. The summed E-state index contributed by atoms with van der Waals surface area (Å²) in [5.41, 5.74) is 5.16. The first-order chi connectivity index (χ1) is 8.08. The molecule has 0 bridgehead atoms. The van der Waals surface area contributed by atoms with Crippen LogP contribution >= 0.6 is 0 Å². The highest BCUT2D eigenvalue weighted by atomic mass is 16.2. The molecule has 0 aromatic heterocycles. The molecule has 1 fully saturated rings. The fraction of sp³-hybridized carbons (Fsp3) is 0.727. The van der Waals surface area contributed by atoms with Crippen LogP contribution in [0.3, 0.4) is 0 Å². The van der Waals surface area contributed by atoms with Crippen LogP contribution in [0.4, 0.5) is 0 Å². The average Bonchev–Trinajstić information content (AvgIpc) is 2.29. The summed E-state index contributed by atoms with van der Waals surface area (Å²) in [7, 11) is 0. The molecule has 0 aromatic carbocycles. The first kappa shape index (κ1) is 13.5. The van der Waals surface area contributed by atoms with Gasteiger partial charge in [0.25, 0.3) is 0 Å². The molecule has 6 nitrogen and oxygen atoms in total. The first-order valence-electron chi connectivity index (χ1n) is 5.89. The van der Waals surface area contributed by atoms with Crippen molar-refractivity contribution in [3.05, 3.63) is 0 Å². The van der Waals surface area contributed by atoms with Gasteiger partial charge in [0.2, 0.25) is 17.7 Å². The molecular formula is C11H19N3O3. The van der Waals surface area contributed by atoms with E-state index in [0.717, 1.165) is 12.8 Å². The third kappa shape index (κ3) is 5.89. The molecule has 6 heteroatoms. The molecule has 1 aliphatic rings. The summed E-state index contributed by atoms with van der Waals surface area (Å²) < 4.78 is 0. The van der Waals surface area contributed by atoms with E-state index in [0.29, 0.717) is 25.8 Å². The van der Waals surface area contributed by atoms with Crippen LogP contribution in [-0.2, 0) is 14.4 Å². The van der Waals surface area contributed by atoms with Crippen LogP contribution in [0.5, 0.6) is 0 Å². The van der Waals surface area contributed by atoms with E-state index in [1.54, 1.807) is 0 Å². The topological polar surface area (TPSA) is 101 Å². The van der Waals surface area contributed by atoms with Crippen molar-refractivity contribution in [2.24, 2.45) is 11.7 Å². The molecule has 0 spiro atoms. The van der Waals surface area contributed by atoms with Crippen LogP contribution in [0.1, 0.15) is 32.1 Å². The van der Waals surface area contributed by atoms with E-state index in [1.807, 2.05) is 0 Å². The Kier molecular flexibility index (Phi) is 5.45. The maximum Gasteiger partial charge on any atom is 0.239 e. The van der Waals surface area contributed by atoms with Gasteiger partial charge in [-0.25, -0.2) is 0 Å². The number of primary amides is 1. The number of amides is 3. The van der Waals surface area contributed by atoms with Crippen molar-refractivity contribution in [2.45, 2.75) is 32.1 Å². The molecule has 1 saturated heterocycles. The van der Waals surface area contributed by atoms with Gasteiger partial charge in [-0.3, -0.25) is 14.4 Å². The predicted molar refractivity (Wildman–Crippen MR) is 61.8 cm³/mol. The molecule has 96 valence electrons. The van der Waals surface area contributed by atoms with Gasteiger partial charge in [0.05, 0.1) is 6.54 Å². The minimum atomic E-state index is -0.339. The second-order valence-electron chi connectivity index (χ2n) is 4.34. The predicted octanol–water partition coefficient (Wildman–Crippen LogP) is -0.716. The Morgan fingerprint density at radius 1 is 1.24 bits per heavy atom. The lowest BCUT2D eigenvalue weighted by atomic mass is 9.93. The van der Waals surface area contributed by atoms with Crippen molar-refractivity contribution < 1.29 is 14.4 Å². The largest absolute Gasteiger partial charge is 0.370 e. The minimum absolute atomic E-state index is 0.0271. The molecular weight excluding hydrogens is 222 g/mol.